The molecule has 104 valence electrons. The maximum Gasteiger partial charge on any atom is 0.315 e. The van der Waals surface area contributed by atoms with Gasteiger partial charge in [-0.3, -0.25) is 9.59 Å². The van der Waals surface area contributed by atoms with Crippen LogP contribution in [0.15, 0.2) is 30.3 Å². The molecule has 0 fully saturated rings. The summed E-state index contributed by atoms with van der Waals surface area (Å²) in [4.78, 5) is 23.2. The smallest absolute Gasteiger partial charge is 0.315 e. The van der Waals surface area contributed by atoms with E-state index in [4.69, 9.17) is 0 Å². The van der Waals surface area contributed by atoms with Crippen molar-refractivity contribution < 1.29 is 14.7 Å². The maximum atomic E-state index is 11.7. The van der Waals surface area contributed by atoms with Crippen LogP contribution in [0.1, 0.15) is 32.8 Å². The van der Waals surface area contributed by atoms with Crippen LogP contribution in [0.25, 0.3) is 0 Å². The molecular weight excluding hydrogens is 242 g/mol. The van der Waals surface area contributed by atoms with E-state index < -0.39 is 11.4 Å². The lowest BCUT2D eigenvalue weighted by atomic mass is 9.82. The molecule has 0 saturated carbocycles. The number of rotatable bonds is 6. The van der Waals surface area contributed by atoms with Crippen molar-refractivity contribution in [2.45, 2.75) is 32.6 Å². The van der Waals surface area contributed by atoms with Crippen LogP contribution < -0.4 is 5.32 Å². The predicted octanol–water partition coefficient (Wildman–Crippen LogP) is 2.19. The van der Waals surface area contributed by atoms with Crippen molar-refractivity contribution in [1.29, 1.82) is 0 Å². The van der Waals surface area contributed by atoms with E-state index in [-0.39, 0.29) is 18.4 Å². The summed E-state index contributed by atoms with van der Waals surface area (Å²) < 4.78 is 0. The van der Waals surface area contributed by atoms with Gasteiger partial charge in [0.15, 0.2) is 0 Å². The molecule has 19 heavy (non-hydrogen) atoms. The molecule has 0 aliphatic rings. The van der Waals surface area contributed by atoms with E-state index in [1.165, 1.54) is 0 Å². The lowest BCUT2D eigenvalue weighted by molar-refractivity contribution is -0.143. The van der Waals surface area contributed by atoms with Crippen molar-refractivity contribution >= 4 is 11.9 Å². The maximum absolute atomic E-state index is 11.7. The molecule has 0 heterocycles. The number of benzene rings is 1. The fourth-order valence-electron chi connectivity index (χ4n) is 1.83. The minimum absolute atomic E-state index is 0.0951. The third-order valence-corrected chi connectivity index (χ3v) is 3.12. The fourth-order valence-corrected chi connectivity index (χ4v) is 1.83. The van der Waals surface area contributed by atoms with Gasteiger partial charge in [-0.25, -0.2) is 0 Å². The first-order valence-corrected chi connectivity index (χ1v) is 6.42. The highest BCUT2D eigenvalue weighted by Crippen LogP contribution is 2.23. The summed E-state index contributed by atoms with van der Waals surface area (Å²) in [5, 5.41) is 12.1. The van der Waals surface area contributed by atoms with Crippen LogP contribution in [-0.4, -0.2) is 23.5 Å². The minimum atomic E-state index is -1.10. The summed E-state index contributed by atoms with van der Waals surface area (Å²) in [7, 11) is 0. The van der Waals surface area contributed by atoms with Gasteiger partial charge in [-0.2, -0.15) is 0 Å². The van der Waals surface area contributed by atoms with Gasteiger partial charge < -0.3 is 10.4 Å². The molecule has 0 aromatic heterocycles. The van der Waals surface area contributed by atoms with E-state index >= 15 is 0 Å². The van der Waals surface area contributed by atoms with Gasteiger partial charge in [0.25, 0.3) is 0 Å². The van der Waals surface area contributed by atoms with Crippen LogP contribution in [0.3, 0.4) is 0 Å². The SMILES string of the molecule is CC(C)CC(=O)NCC(C)(C(=O)O)c1ccccc1. The zero-order valence-electron chi connectivity index (χ0n) is 11.6. The molecule has 1 aromatic rings. The minimum Gasteiger partial charge on any atom is -0.481 e. The molecule has 1 amide bonds. The molecule has 1 aromatic carbocycles. The summed E-state index contributed by atoms with van der Waals surface area (Å²) >= 11 is 0. The Labute approximate surface area is 113 Å². The molecule has 0 saturated heterocycles. The molecule has 1 unspecified atom stereocenters. The number of carbonyl (C=O) groups is 2. The molecule has 1 atom stereocenters. The molecular formula is C15H21NO3. The zero-order chi connectivity index (χ0) is 14.5. The molecule has 0 aliphatic carbocycles. The highest BCUT2D eigenvalue weighted by molar-refractivity contribution is 5.83. The third kappa shape index (κ3) is 4.09. The second-order valence-electron chi connectivity index (χ2n) is 5.38. The molecule has 1 rings (SSSR count). The van der Waals surface area contributed by atoms with Crippen LogP contribution in [0, 0.1) is 5.92 Å². The summed E-state index contributed by atoms with van der Waals surface area (Å²) in [6.45, 7) is 5.62. The van der Waals surface area contributed by atoms with Gasteiger partial charge in [-0.15, -0.1) is 0 Å². The fraction of sp³-hybridized carbons (Fsp3) is 0.467. The molecule has 0 bridgehead atoms. The lowest BCUT2D eigenvalue weighted by Crippen LogP contribution is -2.44. The monoisotopic (exact) mass is 263 g/mol. The van der Waals surface area contributed by atoms with Crippen molar-refractivity contribution in [3.05, 3.63) is 35.9 Å². The van der Waals surface area contributed by atoms with Crippen molar-refractivity contribution in [3.8, 4) is 0 Å². The Bertz CT molecular complexity index is 442. The van der Waals surface area contributed by atoms with Gasteiger partial charge >= 0.3 is 5.97 Å². The van der Waals surface area contributed by atoms with E-state index in [1.807, 2.05) is 19.9 Å². The average molecular weight is 263 g/mol. The molecule has 0 aliphatic heterocycles. The first-order chi connectivity index (χ1) is 8.86. The van der Waals surface area contributed by atoms with Crippen molar-refractivity contribution in [2.24, 2.45) is 5.92 Å². The van der Waals surface area contributed by atoms with Gasteiger partial charge in [-0.1, -0.05) is 44.2 Å². The Morgan fingerprint density at radius 2 is 1.84 bits per heavy atom. The molecule has 4 heteroatoms. The van der Waals surface area contributed by atoms with Crippen molar-refractivity contribution in [3.63, 3.8) is 0 Å². The zero-order valence-corrected chi connectivity index (χ0v) is 11.6. The normalized spacial score (nSPS) is 13.9. The van der Waals surface area contributed by atoms with Gasteiger partial charge in [0.05, 0.1) is 0 Å². The topological polar surface area (TPSA) is 66.4 Å². The van der Waals surface area contributed by atoms with Gasteiger partial charge in [0.2, 0.25) is 5.91 Å². The summed E-state index contributed by atoms with van der Waals surface area (Å²) in [6, 6.07) is 8.97. The molecule has 2 N–H and O–H groups in total. The van der Waals surface area contributed by atoms with Crippen molar-refractivity contribution in [2.75, 3.05) is 6.54 Å². The largest absolute Gasteiger partial charge is 0.481 e. The Morgan fingerprint density at radius 3 is 2.32 bits per heavy atom. The molecule has 4 nitrogen and oxygen atoms in total. The Kier molecular flexibility index (Phi) is 5.10. The first kappa shape index (κ1) is 15.2. The number of nitrogens with one attached hydrogen (secondary N) is 1. The standard InChI is InChI=1S/C15H21NO3/c1-11(2)9-13(17)16-10-15(3,14(18)19)12-7-5-4-6-8-12/h4-8,11H,9-10H2,1-3H3,(H,16,17)(H,18,19). The third-order valence-electron chi connectivity index (χ3n) is 3.12. The van der Waals surface area contributed by atoms with Crippen LogP contribution in [0.4, 0.5) is 0 Å². The van der Waals surface area contributed by atoms with Crippen LogP contribution >= 0.6 is 0 Å². The number of aliphatic carboxylic acids is 1. The van der Waals surface area contributed by atoms with E-state index in [1.54, 1.807) is 31.2 Å². The number of carboxylic acid groups (broad SMARTS) is 1. The molecule has 0 radical (unpaired) electrons. The quantitative estimate of drug-likeness (QED) is 0.826. The summed E-state index contributed by atoms with van der Waals surface area (Å²) in [6.07, 6.45) is 0.407. The van der Waals surface area contributed by atoms with E-state index in [0.29, 0.717) is 12.0 Å². The Hall–Kier alpha value is -1.84. The number of amides is 1. The Balaban J connectivity index is 2.79. The highest BCUT2D eigenvalue weighted by Gasteiger charge is 2.35. The van der Waals surface area contributed by atoms with E-state index in [0.717, 1.165) is 0 Å². The summed E-state index contributed by atoms with van der Waals surface area (Å²) in [5.41, 5.74) is -0.416. The number of carbonyl (C=O) groups excluding carboxylic acids is 1. The number of hydrogen-bond donors (Lipinski definition) is 2. The number of hydrogen-bond acceptors (Lipinski definition) is 2. The van der Waals surface area contributed by atoms with Crippen LogP contribution in [0.2, 0.25) is 0 Å². The molecule has 0 spiro atoms. The van der Waals surface area contributed by atoms with Crippen LogP contribution in [-0.2, 0) is 15.0 Å². The van der Waals surface area contributed by atoms with Crippen LogP contribution in [0.5, 0.6) is 0 Å². The second-order valence-corrected chi connectivity index (χ2v) is 5.38. The predicted molar refractivity (Wildman–Crippen MR) is 73.9 cm³/mol. The van der Waals surface area contributed by atoms with Gasteiger partial charge in [-0.05, 0) is 18.4 Å². The number of carboxylic acids is 1. The average Bonchev–Trinajstić information content (AvgIpc) is 2.36. The highest BCUT2D eigenvalue weighted by atomic mass is 16.4. The summed E-state index contributed by atoms with van der Waals surface area (Å²) in [5.74, 6) is -0.797. The van der Waals surface area contributed by atoms with E-state index in [9.17, 15) is 14.7 Å². The lowest BCUT2D eigenvalue weighted by Gasteiger charge is -2.25. The van der Waals surface area contributed by atoms with Gasteiger partial charge in [0, 0.05) is 13.0 Å². The first-order valence-electron chi connectivity index (χ1n) is 6.42. The van der Waals surface area contributed by atoms with Crippen molar-refractivity contribution in [1.82, 2.24) is 5.32 Å². The van der Waals surface area contributed by atoms with E-state index in [2.05, 4.69) is 5.32 Å². The Morgan fingerprint density at radius 1 is 1.26 bits per heavy atom. The second kappa shape index (κ2) is 6.36. The van der Waals surface area contributed by atoms with Gasteiger partial charge in [0.1, 0.15) is 5.41 Å².